The number of hydrogen-bond acceptors (Lipinski definition) is 2. The van der Waals surface area contributed by atoms with Gasteiger partial charge < -0.3 is 4.90 Å². The van der Waals surface area contributed by atoms with Gasteiger partial charge in [-0.25, -0.2) is 0 Å². The summed E-state index contributed by atoms with van der Waals surface area (Å²) in [7, 11) is 0. The monoisotopic (exact) mass is 324 g/mol. The predicted octanol–water partition coefficient (Wildman–Crippen LogP) is 3.48. The van der Waals surface area contributed by atoms with E-state index in [0.717, 1.165) is 54.5 Å². The third-order valence-electron chi connectivity index (χ3n) is 3.76. The van der Waals surface area contributed by atoms with Crippen LogP contribution >= 0.6 is 15.9 Å². The van der Waals surface area contributed by atoms with Crippen LogP contribution in [0.1, 0.15) is 47.4 Å². The molecule has 0 radical (unpaired) electrons. The first-order valence-corrected chi connectivity index (χ1v) is 8.07. The molecule has 3 nitrogen and oxygen atoms in total. The Morgan fingerprint density at radius 3 is 2.95 bits per heavy atom. The van der Waals surface area contributed by atoms with Gasteiger partial charge in [-0.3, -0.25) is 9.78 Å². The Labute approximate surface area is 123 Å². The maximum atomic E-state index is 12.6. The second kappa shape index (κ2) is 6.51. The lowest BCUT2D eigenvalue weighted by atomic mass is 10.1. The van der Waals surface area contributed by atoms with Crippen molar-refractivity contribution >= 4 is 21.8 Å². The first kappa shape index (κ1) is 14.5. The van der Waals surface area contributed by atoms with Crippen LogP contribution in [0.2, 0.25) is 0 Å². The van der Waals surface area contributed by atoms with Gasteiger partial charge in [0.25, 0.3) is 5.91 Å². The number of carbonyl (C=O) groups excluding carboxylic acids is 1. The quantitative estimate of drug-likeness (QED) is 0.794. The number of pyridine rings is 1. The summed E-state index contributed by atoms with van der Waals surface area (Å²) in [6, 6.07) is 4.25. The van der Waals surface area contributed by atoms with Crippen LogP contribution in [0.3, 0.4) is 0 Å². The van der Waals surface area contributed by atoms with Crippen molar-refractivity contribution in [1.82, 2.24) is 9.88 Å². The molecule has 1 unspecified atom stereocenters. The van der Waals surface area contributed by atoms with Gasteiger partial charge in [0.1, 0.15) is 0 Å². The highest BCUT2D eigenvalue weighted by molar-refractivity contribution is 9.09. The van der Waals surface area contributed by atoms with E-state index in [-0.39, 0.29) is 5.91 Å². The number of halogens is 1. The highest BCUT2D eigenvalue weighted by Gasteiger charge is 2.29. The Morgan fingerprint density at radius 1 is 1.47 bits per heavy atom. The molecule has 0 bridgehead atoms. The van der Waals surface area contributed by atoms with E-state index < -0.39 is 0 Å². The molecule has 0 saturated carbocycles. The fraction of sp³-hybridized carbons (Fsp3) is 0.600. The van der Waals surface area contributed by atoms with Gasteiger partial charge in [0.15, 0.2) is 0 Å². The standard InChI is InChI=1S/C15H21BrN2O/c1-11-7-8-14(12(2)17-11)15(19)18-10-4-6-13(18)5-3-9-16/h7-8,13H,3-6,9-10H2,1-2H3. The number of carbonyl (C=O) groups is 1. The average Bonchev–Trinajstić information content (AvgIpc) is 2.83. The highest BCUT2D eigenvalue weighted by atomic mass is 79.9. The topological polar surface area (TPSA) is 33.2 Å². The van der Waals surface area contributed by atoms with E-state index in [4.69, 9.17) is 0 Å². The van der Waals surface area contributed by atoms with Crippen molar-refractivity contribution in [2.45, 2.75) is 45.6 Å². The lowest BCUT2D eigenvalue weighted by molar-refractivity contribution is 0.0729. The van der Waals surface area contributed by atoms with E-state index in [9.17, 15) is 4.79 Å². The first-order valence-electron chi connectivity index (χ1n) is 6.94. The van der Waals surface area contributed by atoms with E-state index in [1.54, 1.807) is 0 Å². The molecule has 1 saturated heterocycles. The van der Waals surface area contributed by atoms with Crippen molar-refractivity contribution in [3.8, 4) is 0 Å². The van der Waals surface area contributed by atoms with Crippen molar-refractivity contribution in [3.63, 3.8) is 0 Å². The van der Waals surface area contributed by atoms with Gasteiger partial charge in [0, 0.05) is 23.6 Å². The Hall–Kier alpha value is -0.900. The van der Waals surface area contributed by atoms with E-state index in [0.29, 0.717) is 6.04 Å². The van der Waals surface area contributed by atoms with Crippen LogP contribution in [0.4, 0.5) is 0 Å². The minimum Gasteiger partial charge on any atom is -0.336 e. The summed E-state index contributed by atoms with van der Waals surface area (Å²) in [5, 5.41) is 1.01. The first-order chi connectivity index (χ1) is 9.13. The minimum absolute atomic E-state index is 0.155. The third kappa shape index (κ3) is 3.35. The molecule has 2 rings (SSSR count). The van der Waals surface area contributed by atoms with Crippen molar-refractivity contribution < 1.29 is 4.79 Å². The lowest BCUT2D eigenvalue weighted by Gasteiger charge is -2.25. The molecule has 0 spiro atoms. The molecule has 1 aromatic heterocycles. The smallest absolute Gasteiger partial charge is 0.255 e. The summed E-state index contributed by atoms with van der Waals surface area (Å²) >= 11 is 3.46. The lowest BCUT2D eigenvalue weighted by Crippen LogP contribution is -2.36. The molecular weight excluding hydrogens is 304 g/mol. The normalized spacial score (nSPS) is 18.9. The Morgan fingerprint density at radius 2 is 2.26 bits per heavy atom. The molecule has 19 heavy (non-hydrogen) atoms. The van der Waals surface area contributed by atoms with Crippen molar-refractivity contribution in [3.05, 3.63) is 29.1 Å². The number of likely N-dealkylation sites (tertiary alicyclic amines) is 1. The van der Waals surface area contributed by atoms with Crippen LogP contribution in [0, 0.1) is 13.8 Å². The summed E-state index contributed by atoms with van der Waals surface area (Å²) in [5.74, 6) is 0.155. The summed E-state index contributed by atoms with van der Waals surface area (Å²) in [5.41, 5.74) is 2.57. The molecule has 1 atom stereocenters. The van der Waals surface area contributed by atoms with Gasteiger partial charge >= 0.3 is 0 Å². The molecule has 1 aliphatic rings. The van der Waals surface area contributed by atoms with Crippen molar-refractivity contribution in [2.75, 3.05) is 11.9 Å². The fourth-order valence-corrected chi connectivity index (χ4v) is 3.11. The average molecular weight is 325 g/mol. The predicted molar refractivity (Wildman–Crippen MR) is 80.8 cm³/mol. The Kier molecular flexibility index (Phi) is 4.97. The zero-order valence-electron chi connectivity index (χ0n) is 11.7. The molecule has 1 amide bonds. The zero-order valence-corrected chi connectivity index (χ0v) is 13.2. The van der Waals surface area contributed by atoms with Gasteiger partial charge in [0.05, 0.1) is 11.3 Å². The molecule has 0 aliphatic carbocycles. The molecule has 1 fully saturated rings. The Balaban J connectivity index is 2.13. The summed E-state index contributed by atoms with van der Waals surface area (Å²) in [6.07, 6.45) is 4.48. The SMILES string of the molecule is Cc1ccc(C(=O)N2CCCC2CCCBr)c(C)n1. The van der Waals surface area contributed by atoms with Gasteiger partial charge in [-0.2, -0.15) is 0 Å². The highest BCUT2D eigenvalue weighted by Crippen LogP contribution is 2.24. The second-order valence-electron chi connectivity index (χ2n) is 5.21. The van der Waals surface area contributed by atoms with Crippen LogP contribution in [-0.2, 0) is 0 Å². The maximum absolute atomic E-state index is 12.6. The van der Waals surface area contributed by atoms with Gasteiger partial charge in [0.2, 0.25) is 0 Å². The molecular formula is C15H21BrN2O. The number of amides is 1. The fourth-order valence-electron chi connectivity index (χ4n) is 2.78. The number of hydrogen-bond donors (Lipinski definition) is 0. The molecule has 104 valence electrons. The van der Waals surface area contributed by atoms with Crippen molar-refractivity contribution in [1.29, 1.82) is 0 Å². The van der Waals surface area contributed by atoms with Crippen LogP contribution in [0.5, 0.6) is 0 Å². The Bertz CT molecular complexity index is 461. The van der Waals surface area contributed by atoms with E-state index in [1.165, 1.54) is 0 Å². The van der Waals surface area contributed by atoms with Crippen LogP contribution in [0.25, 0.3) is 0 Å². The molecule has 1 aliphatic heterocycles. The van der Waals surface area contributed by atoms with Gasteiger partial charge in [-0.05, 0) is 51.7 Å². The largest absolute Gasteiger partial charge is 0.336 e. The molecule has 0 N–H and O–H groups in total. The molecule has 4 heteroatoms. The van der Waals surface area contributed by atoms with Crippen LogP contribution in [-0.4, -0.2) is 33.7 Å². The van der Waals surface area contributed by atoms with E-state index >= 15 is 0 Å². The van der Waals surface area contributed by atoms with Crippen LogP contribution in [0.15, 0.2) is 12.1 Å². The van der Waals surface area contributed by atoms with E-state index in [1.807, 2.05) is 30.9 Å². The van der Waals surface area contributed by atoms with E-state index in [2.05, 4.69) is 20.9 Å². The number of aryl methyl sites for hydroxylation is 2. The summed E-state index contributed by atoms with van der Waals surface area (Å²) in [6.45, 7) is 4.76. The minimum atomic E-state index is 0.155. The second-order valence-corrected chi connectivity index (χ2v) is 6.00. The summed E-state index contributed by atoms with van der Waals surface area (Å²) < 4.78 is 0. The molecule has 1 aromatic rings. The number of aromatic nitrogens is 1. The van der Waals surface area contributed by atoms with Crippen LogP contribution < -0.4 is 0 Å². The molecule has 2 heterocycles. The third-order valence-corrected chi connectivity index (χ3v) is 4.33. The maximum Gasteiger partial charge on any atom is 0.255 e. The summed E-state index contributed by atoms with van der Waals surface area (Å²) in [4.78, 5) is 19.1. The van der Waals surface area contributed by atoms with Crippen molar-refractivity contribution in [2.24, 2.45) is 0 Å². The van der Waals surface area contributed by atoms with Gasteiger partial charge in [-0.1, -0.05) is 15.9 Å². The number of alkyl halides is 1. The van der Waals surface area contributed by atoms with Gasteiger partial charge in [-0.15, -0.1) is 0 Å². The molecule has 0 aromatic carbocycles. The zero-order chi connectivity index (χ0) is 13.8. The number of nitrogens with zero attached hydrogens (tertiary/aromatic N) is 2. The number of rotatable bonds is 4.